The van der Waals surface area contributed by atoms with Crippen LogP contribution in [-0.2, 0) is 19.3 Å². The second-order valence-electron chi connectivity index (χ2n) is 13.8. The molecule has 1 unspecified atom stereocenters. The van der Waals surface area contributed by atoms with Crippen LogP contribution in [0.15, 0.2) is 66.9 Å². The molecule has 6 rings (SSSR count). The van der Waals surface area contributed by atoms with Crippen LogP contribution in [0.2, 0.25) is 0 Å². The predicted molar refractivity (Wildman–Crippen MR) is 218 cm³/mol. The van der Waals surface area contributed by atoms with Crippen LogP contribution in [-0.4, -0.2) is 125 Å². The number of anilines is 5. The first-order valence-corrected chi connectivity index (χ1v) is 19.7. The lowest BCUT2D eigenvalue weighted by atomic mass is 10.1. The Hall–Kier alpha value is -3.43. The number of piperazine rings is 2. The lowest BCUT2D eigenvalue weighted by Gasteiger charge is -2.38. The number of hydrogen-bond acceptors (Lipinski definition) is 11. The highest BCUT2D eigenvalue weighted by Crippen LogP contribution is 2.21. The van der Waals surface area contributed by atoms with Crippen LogP contribution in [0.25, 0.3) is 0 Å². The van der Waals surface area contributed by atoms with Crippen LogP contribution in [0.5, 0.6) is 0 Å². The summed E-state index contributed by atoms with van der Waals surface area (Å²) in [6.45, 7) is 16.9. The second kappa shape index (κ2) is 18.9. The quantitative estimate of drug-likeness (QED) is 0.0953. The third kappa shape index (κ3) is 11.5. The van der Waals surface area contributed by atoms with Crippen LogP contribution >= 0.6 is 22.6 Å². The summed E-state index contributed by atoms with van der Waals surface area (Å²) in [7, 11) is 1.92. The zero-order valence-corrected chi connectivity index (χ0v) is 32.6. The van der Waals surface area contributed by atoms with Crippen LogP contribution in [0, 0.1) is 3.70 Å². The number of nitrogens with one attached hydrogen (secondary N) is 3. The lowest BCUT2D eigenvalue weighted by Crippen LogP contribution is -2.50. The van der Waals surface area contributed by atoms with Crippen LogP contribution < -0.4 is 16.0 Å². The minimum atomic E-state index is 0.387. The van der Waals surface area contributed by atoms with E-state index in [1.807, 2.05) is 13.1 Å². The van der Waals surface area contributed by atoms with Gasteiger partial charge < -0.3 is 30.7 Å². The van der Waals surface area contributed by atoms with E-state index < -0.39 is 0 Å². The average Bonchev–Trinajstić information content (AvgIpc) is 3.14. The first-order valence-electron chi connectivity index (χ1n) is 18.6. The molecule has 12 heteroatoms. The summed E-state index contributed by atoms with van der Waals surface area (Å²) in [4.78, 5) is 28.9. The number of halogens is 1. The third-order valence-corrected chi connectivity index (χ3v) is 10.6. The highest BCUT2D eigenvalue weighted by molar-refractivity contribution is 14.1. The maximum Gasteiger partial charge on any atom is 0.229 e. The van der Waals surface area contributed by atoms with Crippen molar-refractivity contribution in [3.63, 3.8) is 0 Å². The molecule has 2 aliphatic heterocycles. The number of hydrogen-bond donors (Lipinski definition) is 3. The highest BCUT2D eigenvalue weighted by atomic mass is 127. The van der Waals surface area contributed by atoms with E-state index in [0.29, 0.717) is 17.9 Å². The zero-order valence-electron chi connectivity index (χ0n) is 30.5. The van der Waals surface area contributed by atoms with Crippen LogP contribution in [0.4, 0.5) is 29.1 Å². The molecule has 2 aromatic carbocycles. The lowest BCUT2D eigenvalue weighted by molar-refractivity contribution is 0.103. The van der Waals surface area contributed by atoms with E-state index in [9.17, 15) is 0 Å². The first kappa shape index (κ1) is 37.3. The zero-order chi connectivity index (χ0) is 35.4. The fourth-order valence-corrected chi connectivity index (χ4v) is 7.43. The molecule has 0 aliphatic carbocycles. The van der Waals surface area contributed by atoms with Gasteiger partial charge >= 0.3 is 0 Å². The van der Waals surface area contributed by atoms with Gasteiger partial charge in [-0.1, -0.05) is 31.2 Å². The van der Waals surface area contributed by atoms with E-state index in [1.165, 1.54) is 50.3 Å². The van der Waals surface area contributed by atoms with Crippen molar-refractivity contribution in [3.8, 4) is 0 Å². The van der Waals surface area contributed by atoms with Crippen molar-refractivity contribution in [2.45, 2.75) is 45.6 Å². The Kier molecular flexibility index (Phi) is 13.8. The molecule has 51 heavy (non-hydrogen) atoms. The maximum absolute atomic E-state index is 4.97. The Labute approximate surface area is 317 Å². The second-order valence-corrected chi connectivity index (χ2v) is 14.9. The molecule has 4 heterocycles. The average molecular weight is 804 g/mol. The van der Waals surface area contributed by atoms with Gasteiger partial charge in [0.1, 0.15) is 9.52 Å². The van der Waals surface area contributed by atoms with Gasteiger partial charge in [-0.3, -0.25) is 4.90 Å². The number of nitrogens with zero attached hydrogens (tertiary/aromatic N) is 8. The topological polar surface area (TPSA) is 101 Å². The summed E-state index contributed by atoms with van der Waals surface area (Å²) < 4.78 is 0.922. The Morgan fingerprint density at radius 2 is 1.29 bits per heavy atom. The van der Waals surface area contributed by atoms with Gasteiger partial charge in [-0.25, -0.2) is 15.0 Å². The molecular formula is C39H54IN11. The predicted octanol–water partition coefficient (Wildman–Crippen LogP) is 5.76. The van der Waals surface area contributed by atoms with Crippen molar-refractivity contribution in [2.75, 3.05) is 95.0 Å². The largest absolute Gasteiger partial charge is 0.373 e. The summed E-state index contributed by atoms with van der Waals surface area (Å²) in [5, 5.41) is 10.1. The highest BCUT2D eigenvalue weighted by Gasteiger charge is 2.22. The summed E-state index contributed by atoms with van der Waals surface area (Å²) in [5.74, 6) is 2.11. The fraction of sp³-hybridized carbons (Fsp3) is 0.487. The summed E-state index contributed by atoms with van der Waals surface area (Å²) in [5.41, 5.74) is 5.76. The minimum Gasteiger partial charge on any atom is -0.373 e. The van der Waals surface area contributed by atoms with Gasteiger partial charge in [-0.15, -0.1) is 0 Å². The van der Waals surface area contributed by atoms with Crippen LogP contribution in [0.3, 0.4) is 0 Å². The summed E-state index contributed by atoms with van der Waals surface area (Å²) in [6.07, 6.45) is 5.96. The Morgan fingerprint density at radius 3 is 1.88 bits per heavy atom. The molecule has 0 amide bonds. The number of benzene rings is 2. The number of rotatable bonds is 16. The summed E-state index contributed by atoms with van der Waals surface area (Å²) in [6, 6.07) is 21.7. The van der Waals surface area contributed by atoms with Gasteiger partial charge in [0, 0.05) is 114 Å². The van der Waals surface area contributed by atoms with Gasteiger partial charge in [-0.05, 0) is 96.8 Å². The fourth-order valence-electron chi connectivity index (χ4n) is 7.04. The molecule has 1 atom stereocenters. The molecule has 2 aliphatic rings. The van der Waals surface area contributed by atoms with Gasteiger partial charge in [0.2, 0.25) is 11.9 Å². The van der Waals surface area contributed by atoms with E-state index in [-0.39, 0.29) is 0 Å². The minimum absolute atomic E-state index is 0.387. The maximum atomic E-state index is 4.97. The van der Waals surface area contributed by atoms with Gasteiger partial charge in [0.25, 0.3) is 0 Å². The van der Waals surface area contributed by atoms with Crippen molar-refractivity contribution < 1.29 is 0 Å². The normalized spacial score (nSPS) is 16.9. The van der Waals surface area contributed by atoms with Gasteiger partial charge in [0.15, 0.2) is 0 Å². The van der Waals surface area contributed by atoms with Crippen molar-refractivity contribution in [1.29, 1.82) is 0 Å². The molecule has 2 aromatic heterocycles. The molecule has 272 valence electrons. The monoisotopic (exact) mass is 803 g/mol. The van der Waals surface area contributed by atoms with Gasteiger partial charge in [-0.2, -0.15) is 4.98 Å². The molecule has 11 nitrogen and oxygen atoms in total. The van der Waals surface area contributed by atoms with Crippen LogP contribution in [0.1, 0.15) is 37.1 Å². The molecular weight excluding hydrogens is 749 g/mol. The molecule has 4 aromatic rings. The third-order valence-electron chi connectivity index (χ3n) is 10.00. The summed E-state index contributed by atoms with van der Waals surface area (Å²) >= 11 is 2.21. The van der Waals surface area contributed by atoms with E-state index in [0.717, 1.165) is 85.1 Å². The molecule has 2 saturated heterocycles. The molecule has 3 N–H and O–H groups in total. The molecule has 0 saturated carbocycles. The molecule has 0 bridgehead atoms. The Bertz CT molecular complexity index is 1670. The van der Waals surface area contributed by atoms with E-state index in [1.54, 1.807) is 6.20 Å². The van der Waals surface area contributed by atoms with Crippen molar-refractivity contribution >= 4 is 51.7 Å². The Balaban J connectivity index is 0.962. The van der Waals surface area contributed by atoms with Gasteiger partial charge in [0.05, 0.1) is 0 Å². The van der Waals surface area contributed by atoms with Crippen molar-refractivity contribution in [1.82, 2.24) is 39.5 Å². The number of aromatic nitrogens is 4. The molecule has 2 fully saturated rings. The molecule has 0 spiro atoms. The van der Waals surface area contributed by atoms with Crippen molar-refractivity contribution in [2.24, 2.45) is 0 Å². The van der Waals surface area contributed by atoms with E-state index in [4.69, 9.17) is 9.97 Å². The van der Waals surface area contributed by atoms with E-state index in [2.05, 4.69) is 137 Å². The van der Waals surface area contributed by atoms with Crippen molar-refractivity contribution in [3.05, 3.63) is 87.4 Å². The SMILES string of the molecule is CCCN1CCN(CCc2cccc(Nc3nc(CC(C)N4CCN(CCc5cccc(Nc6nccc(I)n6)c5)CC4)cc(NC)n3)c2)CC1. The standard InChI is InChI=1S/C39H54IN11/c1-4-15-48-18-20-49(21-19-48)16-12-32-8-6-10-34(28-32)44-39-45-35(29-37(41-3)47-39)26-30(2)51-24-22-50(23-25-51)17-13-31-7-5-9-33(27-31)43-38-42-14-11-36(40)46-38/h5-11,14,27-30H,4,12-13,15-26H2,1-3H3,(H,42,43,46)(H2,41,44,45,47). The Morgan fingerprint density at radius 1 is 0.706 bits per heavy atom. The molecule has 0 radical (unpaired) electrons. The first-order chi connectivity index (χ1) is 24.9. The smallest absolute Gasteiger partial charge is 0.229 e. The van der Waals surface area contributed by atoms with E-state index >= 15 is 0 Å².